The molecule has 2 heterocycles. The Labute approximate surface area is 249 Å². The number of hydrogen-bond acceptors (Lipinski definition) is 0. The lowest BCUT2D eigenvalue weighted by molar-refractivity contribution is 0.926. The van der Waals surface area contributed by atoms with Crippen LogP contribution in [0.5, 0.6) is 0 Å². The fourth-order valence-corrected chi connectivity index (χ4v) is 8.01. The molecule has 0 aliphatic heterocycles. The topological polar surface area (TPSA) is 4.41 Å². The van der Waals surface area contributed by atoms with Crippen LogP contribution < -0.4 is 0 Å². The van der Waals surface area contributed by atoms with Gasteiger partial charge < -0.3 is 4.40 Å². The Balaban J connectivity index is 1.38. The first-order valence-corrected chi connectivity index (χ1v) is 15.3. The highest BCUT2D eigenvalue weighted by Gasteiger charge is 2.26. The molecule has 0 spiro atoms. The van der Waals surface area contributed by atoms with Crippen molar-refractivity contribution in [2.45, 2.75) is 12.8 Å². The zero-order valence-electron chi connectivity index (χ0n) is 23.6. The molecule has 7 aromatic carbocycles. The molecular weight excluding hydrogens is 518 g/mol. The second-order valence-electron chi connectivity index (χ2n) is 11.9. The summed E-state index contributed by atoms with van der Waals surface area (Å²) in [5, 5.41) is 11.8. The molecule has 0 N–H and O–H groups in total. The predicted octanol–water partition coefficient (Wildman–Crippen LogP) is 11.4. The molecule has 0 radical (unpaired) electrons. The lowest BCUT2D eigenvalue weighted by Gasteiger charge is -2.19. The van der Waals surface area contributed by atoms with E-state index in [0.717, 1.165) is 12.8 Å². The monoisotopic (exact) mass is 545 g/mol. The van der Waals surface area contributed by atoms with Gasteiger partial charge in [-0.05, 0) is 79.5 Å². The fourth-order valence-electron chi connectivity index (χ4n) is 8.01. The Morgan fingerprint density at radius 2 is 1.16 bits per heavy atom. The summed E-state index contributed by atoms with van der Waals surface area (Å²) in [5.74, 6) is 0. The van der Waals surface area contributed by atoms with Gasteiger partial charge in [0, 0.05) is 27.4 Å². The van der Waals surface area contributed by atoms with Crippen LogP contribution >= 0.6 is 0 Å². The van der Waals surface area contributed by atoms with Crippen LogP contribution in [0.2, 0.25) is 0 Å². The normalized spacial score (nSPS) is 13.3. The number of hydrogen-bond donors (Lipinski definition) is 0. The summed E-state index contributed by atoms with van der Waals surface area (Å²) in [6.07, 6.45) is 6.89. The molecular formula is C42H27N. The van der Waals surface area contributed by atoms with E-state index in [1.165, 1.54) is 93.0 Å². The summed E-state index contributed by atoms with van der Waals surface area (Å²) >= 11 is 0. The fraction of sp³-hybridized carbons (Fsp3) is 0.0476. The summed E-state index contributed by atoms with van der Waals surface area (Å²) in [6.45, 7) is 0. The van der Waals surface area contributed by atoms with E-state index < -0.39 is 0 Å². The summed E-state index contributed by atoms with van der Waals surface area (Å²) in [5.41, 5.74) is 10.7. The SMILES string of the molecule is C1=Cc2c(n3c4ccccc4c4ccc(-c5c6ccccc6c(-c6ccc7ccccc7c6)c6ccccc56)c2c43)CC1. The highest BCUT2D eigenvalue weighted by atomic mass is 14.9. The van der Waals surface area contributed by atoms with E-state index >= 15 is 0 Å². The molecule has 0 fully saturated rings. The van der Waals surface area contributed by atoms with Crippen LogP contribution in [0, 0.1) is 0 Å². The average Bonchev–Trinajstić information content (AvgIpc) is 3.59. The van der Waals surface area contributed by atoms with Crippen molar-refractivity contribution in [3.05, 3.63) is 145 Å². The highest BCUT2D eigenvalue weighted by molar-refractivity contribution is 6.27. The third kappa shape index (κ3) is 3.06. The Hall–Kier alpha value is -5.40. The van der Waals surface area contributed by atoms with Crippen LogP contribution in [0.3, 0.4) is 0 Å². The molecule has 10 rings (SSSR count). The minimum Gasteiger partial charge on any atom is -0.312 e. The maximum Gasteiger partial charge on any atom is 0.0623 e. The van der Waals surface area contributed by atoms with Crippen molar-refractivity contribution in [1.29, 1.82) is 0 Å². The smallest absolute Gasteiger partial charge is 0.0623 e. The van der Waals surface area contributed by atoms with Crippen LogP contribution in [0.25, 0.3) is 87.8 Å². The third-order valence-electron chi connectivity index (χ3n) is 9.76. The van der Waals surface area contributed by atoms with E-state index in [1.54, 1.807) is 0 Å². The lowest BCUT2D eigenvalue weighted by atomic mass is 9.84. The van der Waals surface area contributed by atoms with Crippen LogP contribution in [-0.2, 0) is 6.42 Å². The Kier molecular flexibility index (Phi) is 4.62. The van der Waals surface area contributed by atoms with Gasteiger partial charge in [-0.15, -0.1) is 0 Å². The quantitative estimate of drug-likeness (QED) is 0.190. The van der Waals surface area contributed by atoms with E-state index in [9.17, 15) is 0 Å². The van der Waals surface area contributed by atoms with Gasteiger partial charge in [0.2, 0.25) is 0 Å². The van der Waals surface area contributed by atoms with Gasteiger partial charge in [-0.25, -0.2) is 0 Å². The van der Waals surface area contributed by atoms with Crippen LogP contribution in [0.15, 0.2) is 133 Å². The van der Waals surface area contributed by atoms with E-state index in [-0.39, 0.29) is 0 Å². The minimum absolute atomic E-state index is 1.07. The number of aromatic nitrogens is 1. The molecule has 1 aliphatic rings. The van der Waals surface area contributed by atoms with E-state index in [4.69, 9.17) is 0 Å². The summed E-state index contributed by atoms with van der Waals surface area (Å²) < 4.78 is 2.57. The molecule has 1 aliphatic carbocycles. The average molecular weight is 546 g/mol. The molecule has 200 valence electrons. The molecule has 43 heavy (non-hydrogen) atoms. The second-order valence-corrected chi connectivity index (χ2v) is 11.9. The zero-order chi connectivity index (χ0) is 28.1. The summed E-state index contributed by atoms with van der Waals surface area (Å²) in [7, 11) is 0. The van der Waals surface area contributed by atoms with Crippen molar-refractivity contribution in [1.82, 2.24) is 4.40 Å². The maximum absolute atomic E-state index is 2.57. The van der Waals surface area contributed by atoms with Crippen LogP contribution in [0.4, 0.5) is 0 Å². The predicted molar refractivity (Wildman–Crippen MR) is 184 cm³/mol. The van der Waals surface area contributed by atoms with Gasteiger partial charge >= 0.3 is 0 Å². The lowest BCUT2D eigenvalue weighted by Crippen LogP contribution is -1.96. The van der Waals surface area contributed by atoms with E-state index in [0.29, 0.717) is 0 Å². The van der Waals surface area contributed by atoms with Crippen molar-refractivity contribution >= 4 is 65.6 Å². The molecule has 0 saturated carbocycles. The molecule has 1 heteroatoms. The van der Waals surface area contributed by atoms with Gasteiger partial charge in [0.05, 0.1) is 11.0 Å². The summed E-state index contributed by atoms with van der Waals surface area (Å²) in [6, 6.07) is 47.3. The first-order chi connectivity index (χ1) is 21.4. The number of fused-ring (bicyclic) bond motifs is 9. The molecule has 9 aromatic rings. The molecule has 0 unspecified atom stereocenters. The summed E-state index contributed by atoms with van der Waals surface area (Å²) in [4.78, 5) is 0. The number of nitrogens with zero attached hydrogens (tertiary/aromatic N) is 1. The Morgan fingerprint density at radius 1 is 0.512 bits per heavy atom. The first kappa shape index (κ1) is 23.2. The number of allylic oxidation sites excluding steroid dienone is 1. The van der Waals surface area contributed by atoms with Crippen molar-refractivity contribution in [3.8, 4) is 22.3 Å². The van der Waals surface area contributed by atoms with Crippen molar-refractivity contribution in [3.63, 3.8) is 0 Å². The van der Waals surface area contributed by atoms with Gasteiger partial charge in [-0.1, -0.05) is 127 Å². The number of rotatable bonds is 2. The Bertz CT molecular complexity index is 2560. The van der Waals surface area contributed by atoms with Crippen LogP contribution in [-0.4, -0.2) is 4.40 Å². The largest absolute Gasteiger partial charge is 0.312 e. The first-order valence-electron chi connectivity index (χ1n) is 15.3. The van der Waals surface area contributed by atoms with Gasteiger partial charge in [0.15, 0.2) is 0 Å². The second kappa shape index (κ2) is 8.56. The van der Waals surface area contributed by atoms with E-state index in [1.807, 2.05) is 0 Å². The van der Waals surface area contributed by atoms with Crippen molar-refractivity contribution < 1.29 is 0 Å². The number of aryl methyl sites for hydroxylation is 1. The van der Waals surface area contributed by atoms with Gasteiger partial charge in [0.1, 0.15) is 0 Å². The Morgan fingerprint density at radius 3 is 1.93 bits per heavy atom. The van der Waals surface area contributed by atoms with Gasteiger partial charge in [-0.3, -0.25) is 0 Å². The molecule has 0 atom stereocenters. The van der Waals surface area contributed by atoms with Gasteiger partial charge in [0.25, 0.3) is 0 Å². The zero-order valence-corrected chi connectivity index (χ0v) is 23.6. The number of benzene rings is 7. The molecule has 0 bridgehead atoms. The molecule has 0 saturated heterocycles. The van der Waals surface area contributed by atoms with Crippen molar-refractivity contribution in [2.75, 3.05) is 0 Å². The highest BCUT2D eigenvalue weighted by Crippen LogP contribution is 2.49. The van der Waals surface area contributed by atoms with Gasteiger partial charge in [-0.2, -0.15) is 0 Å². The third-order valence-corrected chi connectivity index (χ3v) is 9.76. The van der Waals surface area contributed by atoms with Crippen molar-refractivity contribution in [2.24, 2.45) is 0 Å². The standard InChI is InChI=1S/C42H27N/c1-2-12-27-25-28(22-21-26(27)11-1)39-30-14-3-5-16-32(30)40(33-17-6-4-15-31(33)39)36-24-23-34-29-13-7-9-19-37(29)43-38-20-10-8-18-35(38)41(36)42(34)43/h1-9,11-19,21-25H,10,20H2. The van der Waals surface area contributed by atoms with Crippen LogP contribution in [0.1, 0.15) is 17.7 Å². The molecule has 2 aromatic heterocycles. The van der Waals surface area contributed by atoms with E-state index in [2.05, 4.69) is 144 Å². The number of para-hydroxylation sites is 1. The maximum atomic E-state index is 2.57. The molecule has 0 amide bonds. The molecule has 1 nitrogen and oxygen atoms in total. The minimum atomic E-state index is 1.07.